The number of thiophene rings is 1. The molecule has 10 nitrogen and oxygen atoms in total. The maximum absolute atomic E-state index is 14.0. The largest absolute Gasteiger partial charge is 0.454 e. The van der Waals surface area contributed by atoms with Crippen LogP contribution in [0.3, 0.4) is 0 Å². The molecule has 256 valence electrons. The second kappa shape index (κ2) is 13.4. The van der Waals surface area contributed by atoms with E-state index < -0.39 is 47.6 Å². The van der Waals surface area contributed by atoms with E-state index in [-0.39, 0.29) is 30.1 Å². The highest BCUT2D eigenvalue weighted by Crippen LogP contribution is 2.53. The Bertz CT molecular complexity index is 1510. The van der Waals surface area contributed by atoms with Crippen molar-refractivity contribution < 1.29 is 34.1 Å². The number of fused-ring (bicyclic) bond motifs is 4. The van der Waals surface area contributed by atoms with Gasteiger partial charge < -0.3 is 25.0 Å². The summed E-state index contributed by atoms with van der Waals surface area (Å²) in [4.78, 5) is 33.7. The fourth-order valence-electron chi connectivity index (χ4n) is 8.31. The van der Waals surface area contributed by atoms with E-state index in [2.05, 4.69) is 35.1 Å². The molecule has 1 aromatic carbocycles. The fourth-order valence-corrected chi connectivity index (χ4v) is 9.31. The van der Waals surface area contributed by atoms with E-state index >= 15 is 0 Å². The van der Waals surface area contributed by atoms with Crippen molar-refractivity contribution in [1.29, 1.82) is 0 Å². The van der Waals surface area contributed by atoms with Crippen LogP contribution in [-0.4, -0.2) is 72.4 Å². The van der Waals surface area contributed by atoms with Gasteiger partial charge in [-0.25, -0.2) is 0 Å². The van der Waals surface area contributed by atoms with Crippen LogP contribution in [0.15, 0.2) is 47.4 Å². The molecule has 2 aliphatic carbocycles. The summed E-state index contributed by atoms with van der Waals surface area (Å²) in [5, 5.41) is 35.3. The van der Waals surface area contributed by atoms with Gasteiger partial charge >= 0.3 is 11.9 Å². The van der Waals surface area contributed by atoms with Gasteiger partial charge in [0, 0.05) is 36.8 Å². The Morgan fingerprint density at radius 1 is 1.23 bits per heavy atom. The van der Waals surface area contributed by atoms with Crippen LogP contribution in [-0.2, 0) is 35.9 Å². The highest BCUT2D eigenvalue weighted by molar-refractivity contribution is 7.09. The molecule has 2 aromatic rings. The minimum Gasteiger partial charge on any atom is -0.454 e. The maximum Gasteiger partial charge on any atom is 0.323 e. The number of para-hydroxylation sites is 1. The highest BCUT2D eigenvalue weighted by atomic mass is 35.5. The summed E-state index contributed by atoms with van der Waals surface area (Å²) in [6.07, 6.45) is 1.58. The van der Waals surface area contributed by atoms with Crippen molar-refractivity contribution in [3.05, 3.63) is 62.8 Å². The highest BCUT2D eigenvalue weighted by Gasteiger charge is 2.62. The van der Waals surface area contributed by atoms with Crippen molar-refractivity contribution in [2.75, 3.05) is 25.2 Å². The number of esters is 2. The molecule has 47 heavy (non-hydrogen) atoms. The summed E-state index contributed by atoms with van der Waals surface area (Å²) in [5.74, 6) is -1.42. The van der Waals surface area contributed by atoms with E-state index in [1.54, 1.807) is 36.6 Å². The molecule has 1 unspecified atom stereocenters. The number of aliphatic hydroxyl groups is 2. The average Bonchev–Trinajstić information content (AvgIpc) is 3.67. The summed E-state index contributed by atoms with van der Waals surface area (Å²) < 4.78 is 12.0. The zero-order chi connectivity index (χ0) is 33.7. The molecule has 4 aliphatic rings. The van der Waals surface area contributed by atoms with Crippen LogP contribution >= 0.6 is 22.9 Å². The molecule has 4 N–H and O–H groups in total. The number of hydrogen-bond donors (Lipinski definition) is 4. The van der Waals surface area contributed by atoms with Gasteiger partial charge in [0.25, 0.3) is 0 Å². The molecule has 0 bridgehead atoms. The van der Waals surface area contributed by atoms with Gasteiger partial charge in [-0.05, 0) is 80.1 Å². The lowest BCUT2D eigenvalue weighted by molar-refractivity contribution is -0.225. The smallest absolute Gasteiger partial charge is 0.323 e. The van der Waals surface area contributed by atoms with Gasteiger partial charge in [-0.2, -0.15) is 0 Å². The first-order chi connectivity index (χ1) is 22.3. The van der Waals surface area contributed by atoms with Gasteiger partial charge in [0.2, 0.25) is 0 Å². The number of anilines is 1. The van der Waals surface area contributed by atoms with Gasteiger partial charge in [0.1, 0.15) is 17.2 Å². The van der Waals surface area contributed by atoms with Crippen LogP contribution in [0, 0.1) is 23.7 Å². The van der Waals surface area contributed by atoms with Crippen molar-refractivity contribution in [1.82, 2.24) is 10.6 Å². The Balaban J connectivity index is 1.23. The van der Waals surface area contributed by atoms with Crippen LogP contribution in [0.4, 0.5) is 5.69 Å². The predicted molar refractivity (Wildman–Crippen MR) is 180 cm³/mol. The molecule has 0 amide bonds. The van der Waals surface area contributed by atoms with E-state index in [1.165, 1.54) is 16.9 Å². The second-order valence-electron chi connectivity index (χ2n) is 13.8. The number of carbonyl (C=O) groups is 2. The van der Waals surface area contributed by atoms with Gasteiger partial charge in [-0.15, -0.1) is 11.3 Å². The summed E-state index contributed by atoms with van der Waals surface area (Å²) in [7, 11) is 1.69. The van der Waals surface area contributed by atoms with Crippen molar-refractivity contribution >= 4 is 40.6 Å². The summed E-state index contributed by atoms with van der Waals surface area (Å²) >= 11 is 8.21. The Labute approximate surface area is 285 Å². The van der Waals surface area contributed by atoms with Gasteiger partial charge in [-0.1, -0.05) is 49.7 Å². The quantitative estimate of drug-likeness (QED) is 0.172. The van der Waals surface area contributed by atoms with Crippen LogP contribution in [0.2, 0.25) is 5.02 Å². The van der Waals surface area contributed by atoms with Crippen molar-refractivity contribution in [3.63, 3.8) is 0 Å². The minimum absolute atomic E-state index is 0.0360. The van der Waals surface area contributed by atoms with Crippen LogP contribution in [0.1, 0.15) is 57.4 Å². The molecule has 2 fully saturated rings. The number of hydrogen-bond acceptors (Lipinski definition) is 11. The first-order valence-corrected chi connectivity index (χ1v) is 17.8. The Morgan fingerprint density at radius 2 is 2.02 bits per heavy atom. The molecule has 0 radical (unpaired) electrons. The minimum atomic E-state index is -1.55. The lowest BCUT2D eigenvalue weighted by atomic mass is 9.55. The monoisotopic (exact) mass is 687 g/mol. The standard InChI is InChI=1S/C35H46ClN3O7S/c1-19-16-26-24(20(2)18-37-14-13-23-8-7-15-47-23)12-11-21(3)35(26,43)31(30(19)44-22(4)40)45-32(41)28-17-34(42)25-9-6-10-27(36)29(25)39(5)46-33(34)38-28/h6-10,15-16,20-21,24,26,28,30-31,33,37-38,42-43H,11-14,17-18H2,1-5H3/t20?,21-,24+,26-,28+,30-,31+,33-,34-,35-/m1/s1. The van der Waals surface area contributed by atoms with Crippen LogP contribution < -0.4 is 15.7 Å². The number of ether oxygens (including phenoxy) is 2. The number of carbonyl (C=O) groups excluding carboxylic acids is 2. The molecule has 1 saturated heterocycles. The SMILES string of the molecule is CC(=O)O[C@@H]1C(C)=C[C@@H]2[C@H](C(C)CNCCc3cccs3)CC[C@@H](C)[C@]2(O)[C@H]1OC(=O)[C@@H]1C[C@@]2(O)c3cccc(Cl)c3N(C)O[C@H]2N1. The van der Waals surface area contributed by atoms with E-state index in [1.807, 2.05) is 19.9 Å². The zero-order valence-corrected chi connectivity index (χ0v) is 29.1. The van der Waals surface area contributed by atoms with Crippen LogP contribution in [0.25, 0.3) is 0 Å². The molecule has 10 atom stereocenters. The number of nitrogens with one attached hydrogen (secondary N) is 2. The van der Waals surface area contributed by atoms with Crippen molar-refractivity contribution in [2.45, 2.75) is 89.1 Å². The summed E-state index contributed by atoms with van der Waals surface area (Å²) in [6, 6.07) is 8.48. The van der Waals surface area contributed by atoms with Crippen molar-refractivity contribution in [2.24, 2.45) is 23.7 Å². The lowest BCUT2D eigenvalue weighted by Crippen LogP contribution is -2.66. The fraction of sp³-hybridized carbons (Fsp3) is 0.600. The summed E-state index contributed by atoms with van der Waals surface area (Å²) in [5.41, 5.74) is -1.22. The molecule has 6 rings (SSSR count). The second-order valence-corrected chi connectivity index (χ2v) is 15.3. The van der Waals surface area contributed by atoms with Crippen LogP contribution in [0.5, 0.6) is 0 Å². The number of benzene rings is 1. The molecule has 1 aromatic heterocycles. The molecule has 0 spiro atoms. The Hall–Kier alpha value is -2.51. The third-order valence-electron chi connectivity index (χ3n) is 10.8. The number of rotatable bonds is 9. The average molecular weight is 688 g/mol. The lowest BCUT2D eigenvalue weighted by Gasteiger charge is -2.56. The normalized spacial score (nSPS) is 35.3. The molecular weight excluding hydrogens is 642 g/mol. The molecule has 1 saturated carbocycles. The third kappa shape index (κ3) is 6.24. The molecule has 2 aliphatic heterocycles. The molecule has 12 heteroatoms. The molecular formula is C35H46ClN3O7S. The van der Waals surface area contributed by atoms with Gasteiger partial charge in [0.05, 0.1) is 10.7 Å². The van der Waals surface area contributed by atoms with E-state index in [4.69, 9.17) is 25.9 Å². The van der Waals surface area contributed by atoms with Gasteiger partial charge in [0.15, 0.2) is 18.4 Å². The predicted octanol–water partition coefficient (Wildman–Crippen LogP) is 4.32. The number of nitrogens with zero attached hydrogens (tertiary/aromatic N) is 1. The topological polar surface area (TPSA) is 130 Å². The molecule has 3 heterocycles. The van der Waals surface area contributed by atoms with E-state index in [9.17, 15) is 19.8 Å². The first kappa shape index (κ1) is 34.4. The third-order valence-corrected chi connectivity index (χ3v) is 12.1. The Morgan fingerprint density at radius 3 is 2.74 bits per heavy atom. The van der Waals surface area contributed by atoms with E-state index in [0.29, 0.717) is 16.3 Å². The van der Waals surface area contributed by atoms with E-state index in [0.717, 1.165) is 37.9 Å². The number of hydroxylamine groups is 1. The van der Waals surface area contributed by atoms with Crippen molar-refractivity contribution in [3.8, 4) is 0 Å². The zero-order valence-electron chi connectivity index (χ0n) is 27.6. The Kier molecular flexibility index (Phi) is 9.81. The number of halogens is 1. The first-order valence-electron chi connectivity index (χ1n) is 16.5. The summed E-state index contributed by atoms with van der Waals surface area (Å²) in [6.45, 7) is 9.01. The van der Waals surface area contributed by atoms with Gasteiger partial charge in [-0.3, -0.25) is 24.8 Å². The maximum atomic E-state index is 14.0.